The fourth-order valence-corrected chi connectivity index (χ4v) is 2.62. The lowest BCUT2D eigenvalue weighted by atomic mass is 10.1. The Labute approximate surface area is 61.6 Å². The maximum atomic E-state index is 3.47. The number of hydrogen-bond acceptors (Lipinski definition) is 2. The molecule has 1 fully saturated rings. The Kier molecular flexibility index (Phi) is 2.86. The normalized spacial score (nSPS) is 35.3. The van der Waals surface area contributed by atoms with Gasteiger partial charge >= 0.3 is 0 Å². The summed E-state index contributed by atoms with van der Waals surface area (Å²) < 4.78 is 0. The Bertz CT molecular complexity index is 85.0. The van der Waals surface area contributed by atoms with E-state index < -0.39 is 0 Å². The van der Waals surface area contributed by atoms with Crippen molar-refractivity contribution < 1.29 is 0 Å². The minimum Gasteiger partial charge on any atom is -0.313 e. The van der Waals surface area contributed by atoms with Crippen LogP contribution in [0.5, 0.6) is 0 Å². The lowest BCUT2D eigenvalue weighted by Gasteiger charge is -2.13. The summed E-state index contributed by atoms with van der Waals surface area (Å²) in [6.07, 6.45) is 0. The number of hydrogen-bond donors (Lipinski definition) is 1. The van der Waals surface area contributed by atoms with Gasteiger partial charge in [0.2, 0.25) is 0 Å². The second-order valence-corrected chi connectivity index (χ2v) is 3.75. The van der Waals surface area contributed by atoms with E-state index in [-0.39, 0.29) is 0 Å². The Hall–Kier alpha value is 0.310. The van der Waals surface area contributed by atoms with Gasteiger partial charge in [-0.15, -0.1) is 0 Å². The molecule has 0 bridgehead atoms. The van der Waals surface area contributed by atoms with Crippen LogP contribution in [0.2, 0.25) is 0 Å². The van der Waals surface area contributed by atoms with E-state index in [0.717, 1.165) is 18.5 Å². The van der Waals surface area contributed by atoms with Gasteiger partial charge in [-0.2, -0.15) is 11.8 Å². The molecule has 0 spiro atoms. The van der Waals surface area contributed by atoms with Crippen molar-refractivity contribution in [3.05, 3.63) is 0 Å². The second kappa shape index (κ2) is 3.47. The molecule has 2 unspecified atom stereocenters. The first-order valence-electron chi connectivity index (χ1n) is 3.65. The Morgan fingerprint density at radius 1 is 1.56 bits per heavy atom. The molecule has 0 aromatic rings. The molecule has 0 saturated carbocycles. The number of thioether (sulfide) groups is 1. The predicted octanol–water partition coefficient (Wildman–Crippen LogP) is 1.35. The highest BCUT2D eigenvalue weighted by Gasteiger charge is 2.21. The van der Waals surface area contributed by atoms with Crippen LogP contribution in [0.4, 0.5) is 0 Å². The summed E-state index contributed by atoms with van der Waals surface area (Å²) in [5.41, 5.74) is 0. The van der Waals surface area contributed by atoms with Crippen molar-refractivity contribution in [3.8, 4) is 0 Å². The van der Waals surface area contributed by atoms with E-state index in [4.69, 9.17) is 0 Å². The SMILES string of the molecule is CCNC1CSCC1C. The van der Waals surface area contributed by atoms with E-state index in [0.29, 0.717) is 0 Å². The molecule has 9 heavy (non-hydrogen) atoms. The summed E-state index contributed by atoms with van der Waals surface area (Å²) in [5, 5.41) is 3.47. The summed E-state index contributed by atoms with van der Waals surface area (Å²) in [5.74, 6) is 3.54. The summed E-state index contributed by atoms with van der Waals surface area (Å²) >= 11 is 2.07. The van der Waals surface area contributed by atoms with Crippen LogP contribution >= 0.6 is 11.8 Å². The average Bonchev–Trinajstić information content (AvgIpc) is 2.18. The molecule has 1 aliphatic rings. The third kappa shape index (κ3) is 1.87. The van der Waals surface area contributed by atoms with Gasteiger partial charge in [-0.3, -0.25) is 0 Å². The van der Waals surface area contributed by atoms with E-state index in [1.807, 2.05) is 0 Å². The van der Waals surface area contributed by atoms with Crippen molar-refractivity contribution >= 4 is 11.8 Å². The highest BCUT2D eigenvalue weighted by molar-refractivity contribution is 7.99. The molecule has 0 aliphatic carbocycles. The monoisotopic (exact) mass is 145 g/mol. The van der Waals surface area contributed by atoms with Crippen LogP contribution in [0.25, 0.3) is 0 Å². The van der Waals surface area contributed by atoms with Gasteiger partial charge in [0.1, 0.15) is 0 Å². The lowest BCUT2D eigenvalue weighted by Crippen LogP contribution is -2.33. The lowest BCUT2D eigenvalue weighted by molar-refractivity contribution is 0.466. The standard InChI is InChI=1S/C7H15NS/c1-3-8-7-5-9-4-6(7)2/h6-8H,3-5H2,1-2H3. The molecule has 0 aromatic heterocycles. The van der Waals surface area contributed by atoms with Crippen LogP contribution < -0.4 is 5.32 Å². The number of rotatable bonds is 2. The first-order valence-corrected chi connectivity index (χ1v) is 4.81. The maximum Gasteiger partial charge on any atom is 0.0191 e. The molecule has 0 aromatic carbocycles. The molecule has 0 amide bonds. The van der Waals surface area contributed by atoms with Crippen LogP contribution in [-0.2, 0) is 0 Å². The van der Waals surface area contributed by atoms with Crippen molar-refractivity contribution in [2.45, 2.75) is 19.9 Å². The third-order valence-corrected chi connectivity index (χ3v) is 3.19. The predicted molar refractivity (Wildman–Crippen MR) is 44.0 cm³/mol. The molecule has 54 valence electrons. The molecular weight excluding hydrogens is 130 g/mol. The van der Waals surface area contributed by atoms with Crippen LogP contribution in [0.1, 0.15) is 13.8 Å². The molecule has 1 saturated heterocycles. The van der Waals surface area contributed by atoms with Crippen molar-refractivity contribution in [1.29, 1.82) is 0 Å². The van der Waals surface area contributed by atoms with Crippen LogP contribution in [-0.4, -0.2) is 24.1 Å². The van der Waals surface area contributed by atoms with Crippen molar-refractivity contribution in [2.24, 2.45) is 5.92 Å². The van der Waals surface area contributed by atoms with E-state index in [2.05, 4.69) is 30.9 Å². The molecule has 0 radical (unpaired) electrons. The smallest absolute Gasteiger partial charge is 0.0191 e. The van der Waals surface area contributed by atoms with E-state index >= 15 is 0 Å². The van der Waals surface area contributed by atoms with Gasteiger partial charge in [0, 0.05) is 11.8 Å². The maximum absolute atomic E-state index is 3.47. The topological polar surface area (TPSA) is 12.0 Å². The highest BCUT2D eigenvalue weighted by atomic mass is 32.2. The van der Waals surface area contributed by atoms with Gasteiger partial charge in [0.05, 0.1) is 0 Å². The van der Waals surface area contributed by atoms with Crippen molar-refractivity contribution in [2.75, 3.05) is 18.1 Å². The van der Waals surface area contributed by atoms with Gasteiger partial charge in [-0.05, 0) is 18.2 Å². The fourth-order valence-electron chi connectivity index (χ4n) is 1.18. The van der Waals surface area contributed by atoms with Gasteiger partial charge in [-0.25, -0.2) is 0 Å². The molecule has 1 heterocycles. The van der Waals surface area contributed by atoms with Crippen LogP contribution in [0, 0.1) is 5.92 Å². The van der Waals surface area contributed by atoms with E-state index in [1.165, 1.54) is 11.5 Å². The molecule has 1 aliphatic heterocycles. The van der Waals surface area contributed by atoms with Gasteiger partial charge in [0.25, 0.3) is 0 Å². The summed E-state index contributed by atoms with van der Waals surface area (Å²) in [7, 11) is 0. The summed E-state index contributed by atoms with van der Waals surface area (Å²) in [6.45, 7) is 5.62. The molecular formula is C7H15NS. The Balaban J connectivity index is 2.22. The van der Waals surface area contributed by atoms with Crippen molar-refractivity contribution in [3.63, 3.8) is 0 Å². The van der Waals surface area contributed by atoms with Crippen molar-refractivity contribution in [1.82, 2.24) is 5.32 Å². The molecule has 1 N–H and O–H groups in total. The first-order chi connectivity index (χ1) is 4.34. The number of nitrogens with one attached hydrogen (secondary N) is 1. The van der Waals surface area contributed by atoms with Gasteiger partial charge in [-0.1, -0.05) is 13.8 Å². The highest BCUT2D eigenvalue weighted by Crippen LogP contribution is 2.22. The zero-order valence-corrected chi connectivity index (χ0v) is 7.00. The average molecular weight is 145 g/mol. The van der Waals surface area contributed by atoms with Gasteiger partial charge < -0.3 is 5.32 Å². The molecule has 2 heteroatoms. The molecule has 1 nitrogen and oxygen atoms in total. The van der Waals surface area contributed by atoms with E-state index in [1.54, 1.807) is 0 Å². The van der Waals surface area contributed by atoms with Crippen LogP contribution in [0.15, 0.2) is 0 Å². The zero-order valence-electron chi connectivity index (χ0n) is 6.18. The summed E-state index contributed by atoms with van der Waals surface area (Å²) in [6, 6.07) is 0.792. The molecule has 1 rings (SSSR count). The van der Waals surface area contributed by atoms with Gasteiger partial charge in [0.15, 0.2) is 0 Å². The largest absolute Gasteiger partial charge is 0.313 e. The zero-order chi connectivity index (χ0) is 6.69. The quantitative estimate of drug-likeness (QED) is 0.629. The molecule has 2 atom stereocenters. The summed E-state index contributed by atoms with van der Waals surface area (Å²) in [4.78, 5) is 0. The Morgan fingerprint density at radius 2 is 2.33 bits per heavy atom. The van der Waals surface area contributed by atoms with Crippen LogP contribution in [0.3, 0.4) is 0 Å². The fraction of sp³-hybridized carbons (Fsp3) is 1.00. The minimum atomic E-state index is 0.792. The third-order valence-electron chi connectivity index (χ3n) is 1.83. The van der Waals surface area contributed by atoms with E-state index in [9.17, 15) is 0 Å². The first kappa shape index (κ1) is 7.42. The second-order valence-electron chi connectivity index (χ2n) is 2.68. The minimum absolute atomic E-state index is 0.792. The Morgan fingerprint density at radius 3 is 2.78 bits per heavy atom.